The Morgan fingerprint density at radius 3 is 1.86 bits per heavy atom. The van der Waals surface area contributed by atoms with Gasteiger partial charge < -0.3 is 22.3 Å². The van der Waals surface area contributed by atoms with Crippen LogP contribution in [0.25, 0.3) is 0 Å². The largest absolute Gasteiger partial charge is 4.00 e. The summed E-state index contributed by atoms with van der Waals surface area (Å²) in [5.41, 5.74) is 7.72. The molecule has 2 aliphatic rings. The van der Waals surface area contributed by atoms with Gasteiger partial charge in [-0.15, -0.1) is 0 Å². The van der Waals surface area contributed by atoms with Crippen molar-refractivity contribution < 1.29 is 21.7 Å². The molecule has 0 radical (unpaired) electrons. The van der Waals surface area contributed by atoms with Crippen LogP contribution in [0.3, 0.4) is 0 Å². The van der Waals surface area contributed by atoms with Crippen LogP contribution in [-0.2, 0) is 21.7 Å². The maximum atomic E-state index is 2.70. The number of benzene rings is 1. The first-order valence-electron chi connectivity index (χ1n) is 13.3. The summed E-state index contributed by atoms with van der Waals surface area (Å²) in [5.74, 6) is 0.814. The molecular formula is C34H54Si2Ti. The Balaban J connectivity index is 0.00000324. The fourth-order valence-electron chi connectivity index (χ4n) is 6.88. The summed E-state index contributed by atoms with van der Waals surface area (Å²) in [4.78, 5) is 0. The Labute approximate surface area is 249 Å². The molecule has 1 saturated carbocycles. The summed E-state index contributed by atoms with van der Waals surface area (Å²) >= 11 is 0. The number of aryl methyl sites for hydroxylation is 1. The summed E-state index contributed by atoms with van der Waals surface area (Å²) < 4.78 is 0. The van der Waals surface area contributed by atoms with Crippen molar-refractivity contribution in [2.45, 2.75) is 97.8 Å². The van der Waals surface area contributed by atoms with Crippen molar-refractivity contribution in [1.82, 2.24) is 0 Å². The van der Waals surface area contributed by atoms with Crippen molar-refractivity contribution in [3.8, 4) is 0 Å². The summed E-state index contributed by atoms with van der Waals surface area (Å²) in [6.45, 7) is 19.4. The third kappa shape index (κ3) is 6.86. The van der Waals surface area contributed by atoms with Crippen molar-refractivity contribution in [1.29, 1.82) is 0 Å². The van der Waals surface area contributed by atoms with Crippen LogP contribution in [0.2, 0.25) is 24.7 Å². The minimum Gasteiger partial charge on any atom is -0.358 e. The van der Waals surface area contributed by atoms with Crippen LogP contribution in [0.5, 0.6) is 0 Å². The molecular weight excluding hydrogens is 512 g/mol. The Morgan fingerprint density at radius 2 is 1.38 bits per heavy atom. The number of rotatable bonds is 5. The van der Waals surface area contributed by atoms with Gasteiger partial charge in [0.05, 0.1) is 16.9 Å². The maximum Gasteiger partial charge on any atom is 4.00 e. The molecule has 2 unspecified atom stereocenters. The molecule has 0 bridgehead atoms. The molecule has 0 N–H and O–H groups in total. The Hall–Kier alpha value is -0.802. The Bertz CT molecular complexity index is 1050. The van der Waals surface area contributed by atoms with Crippen molar-refractivity contribution in [3.05, 3.63) is 92.6 Å². The average molecular weight is 567 g/mol. The van der Waals surface area contributed by atoms with Crippen molar-refractivity contribution >= 4 is 32.4 Å². The third-order valence-corrected chi connectivity index (χ3v) is 15.5. The second kappa shape index (κ2) is 14.0. The van der Waals surface area contributed by atoms with Crippen LogP contribution in [-0.4, -0.2) is 16.9 Å². The van der Waals surface area contributed by atoms with Crippen LogP contribution in [0, 0.1) is 62.8 Å². The van der Waals surface area contributed by atoms with Gasteiger partial charge in [0.1, 0.15) is 0 Å². The standard InChI is InChI=1S/C31H45Si2.3CH3.Ti/c1-22-19-28(21-29(20-22)33(6,7)8)32(30-25(4)23(2)24(3)26(30)5)31(17-13-10-14-18-31)27-15-11-9-12-16-27;;;;/h10,13-14,17,19-21,27,32H,9,11-12,15-16,18H2,1-8H3;3*1H3;/q4*-1;+4. The van der Waals surface area contributed by atoms with Gasteiger partial charge >= 0.3 is 21.7 Å². The topological polar surface area (TPSA) is 0 Å². The molecule has 202 valence electrons. The molecule has 0 heterocycles. The van der Waals surface area contributed by atoms with E-state index in [4.69, 9.17) is 0 Å². The third-order valence-electron chi connectivity index (χ3n) is 9.11. The summed E-state index contributed by atoms with van der Waals surface area (Å²) in [6.07, 6.45) is 18.2. The van der Waals surface area contributed by atoms with Gasteiger partial charge in [0.15, 0.2) is 0 Å². The SMILES string of the molecule is Cc1cc([SiH]([c-]2c(C)c(C)c(C)c2C)C2(C3CCCCC3)C=CC=CC2)cc([Si](C)(C)C)c1.[CH3-].[CH3-].[CH3-].[Ti+4]. The molecule has 4 rings (SSSR count). The van der Waals surface area contributed by atoms with E-state index in [0.29, 0.717) is 5.04 Å². The zero-order valence-electron chi connectivity index (χ0n) is 25.9. The minimum absolute atomic E-state index is 0. The van der Waals surface area contributed by atoms with Crippen LogP contribution >= 0.6 is 0 Å². The first-order chi connectivity index (χ1) is 15.6. The van der Waals surface area contributed by atoms with Crippen LogP contribution in [0.15, 0.2) is 42.5 Å². The fourth-order valence-corrected chi connectivity index (χ4v) is 13.4. The zero-order chi connectivity index (χ0) is 24.0. The van der Waals surface area contributed by atoms with E-state index in [9.17, 15) is 0 Å². The molecule has 0 aromatic heterocycles. The minimum atomic E-state index is -1.57. The van der Waals surface area contributed by atoms with Crippen molar-refractivity contribution in [2.24, 2.45) is 5.92 Å². The zero-order valence-corrected chi connectivity index (χ0v) is 29.7. The van der Waals surface area contributed by atoms with Crippen LogP contribution in [0.4, 0.5) is 0 Å². The quantitative estimate of drug-likeness (QED) is 0.254. The van der Waals surface area contributed by atoms with E-state index >= 15 is 0 Å². The number of hydrogen-bond donors (Lipinski definition) is 0. The van der Waals surface area contributed by atoms with E-state index in [1.165, 1.54) is 55.2 Å². The van der Waals surface area contributed by atoms with Crippen molar-refractivity contribution in [2.75, 3.05) is 0 Å². The molecule has 3 heteroatoms. The van der Waals surface area contributed by atoms with Gasteiger partial charge in [0.2, 0.25) is 0 Å². The predicted molar refractivity (Wildman–Crippen MR) is 173 cm³/mol. The van der Waals surface area contributed by atoms with Crippen LogP contribution in [0.1, 0.15) is 66.3 Å². The normalized spacial score (nSPS) is 20.2. The first-order valence-corrected chi connectivity index (χ1v) is 18.5. The second-order valence-corrected chi connectivity index (χ2v) is 20.4. The molecule has 0 aliphatic heterocycles. The molecule has 2 aromatic rings. The monoisotopic (exact) mass is 566 g/mol. The van der Waals surface area contributed by atoms with Gasteiger partial charge in [-0.25, -0.2) is 0 Å². The van der Waals surface area contributed by atoms with Gasteiger partial charge in [-0.05, 0) is 37.1 Å². The summed E-state index contributed by atoms with van der Waals surface area (Å²) in [6, 6.07) is 7.77. The van der Waals surface area contributed by atoms with E-state index in [2.05, 4.69) is 96.8 Å². The Morgan fingerprint density at radius 1 is 0.811 bits per heavy atom. The van der Waals surface area contributed by atoms with Gasteiger partial charge in [-0.1, -0.05) is 125 Å². The van der Waals surface area contributed by atoms with E-state index in [0.717, 1.165) is 5.92 Å². The van der Waals surface area contributed by atoms with Gasteiger partial charge in [-0.3, -0.25) is 0 Å². The molecule has 0 spiro atoms. The predicted octanol–water partition coefficient (Wildman–Crippen LogP) is 8.02. The number of hydrogen-bond acceptors (Lipinski definition) is 0. The van der Waals surface area contributed by atoms with E-state index < -0.39 is 16.9 Å². The van der Waals surface area contributed by atoms with E-state index in [1.807, 2.05) is 0 Å². The molecule has 2 aromatic carbocycles. The Kier molecular flexibility index (Phi) is 13.7. The van der Waals surface area contributed by atoms with Gasteiger partial charge in [0.25, 0.3) is 0 Å². The van der Waals surface area contributed by atoms with E-state index in [-0.39, 0.29) is 44.0 Å². The number of allylic oxidation sites excluding steroid dienone is 4. The summed E-state index contributed by atoms with van der Waals surface area (Å²) in [5, 5.41) is 5.42. The molecule has 0 saturated heterocycles. The molecule has 2 aliphatic carbocycles. The average Bonchev–Trinajstić information content (AvgIpc) is 2.98. The second-order valence-electron chi connectivity index (χ2n) is 12.2. The molecule has 1 fully saturated rings. The maximum absolute atomic E-state index is 2.70. The molecule has 0 amide bonds. The van der Waals surface area contributed by atoms with Crippen LogP contribution < -0.4 is 15.6 Å². The molecule has 37 heavy (non-hydrogen) atoms. The smallest absolute Gasteiger partial charge is 0.358 e. The van der Waals surface area contributed by atoms with Gasteiger partial charge in [-0.2, -0.15) is 27.4 Å². The molecule has 2 atom stereocenters. The van der Waals surface area contributed by atoms with Crippen molar-refractivity contribution in [3.63, 3.8) is 0 Å². The first kappa shape index (κ1) is 36.2. The molecule has 0 nitrogen and oxygen atoms in total. The van der Waals surface area contributed by atoms with Gasteiger partial charge in [0, 0.05) is 0 Å². The van der Waals surface area contributed by atoms with E-state index in [1.54, 1.807) is 26.7 Å². The fraction of sp³-hybridized carbons (Fsp3) is 0.471. The summed E-state index contributed by atoms with van der Waals surface area (Å²) in [7, 11) is -2.97.